The van der Waals surface area contributed by atoms with Crippen LogP contribution in [0.3, 0.4) is 0 Å². The van der Waals surface area contributed by atoms with Gasteiger partial charge in [-0.2, -0.15) is 5.10 Å². The first-order valence-corrected chi connectivity index (χ1v) is 12.1. The van der Waals surface area contributed by atoms with Gasteiger partial charge in [0.2, 0.25) is 0 Å². The van der Waals surface area contributed by atoms with Crippen molar-refractivity contribution in [2.45, 2.75) is 13.0 Å². The van der Waals surface area contributed by atoms with E-state index in [1.807, 2.05) is 12.1 Å². The molecule has 2 aliphatic rings. The van der Waals surface area contributed by atoms with E-state index < -0.39 is 5.82 Å². The minimum atomic E-state index is -0.430. The Labute approximate surface area is 211 Å². The average Bonchev–Trinajstić information content (AvgIpc) is 3.40. The third kappa shape index (κ3) is 3.66. The molecule has 2 aromatic carbocycles. The molecule has 2 aliphatic heterocycles. The number of benzene rings is 2. The Kier molecular flexibility index (Phi) is 5.03. The van der Waals surface area contributed by atoms with Crippen molar-refractivity contribution in [3.63, 3.8) is 0 Å². The maximum absolute atomic E-state index is 15.6. The van der Waals surface area contributed by atoms with Gasteiger partial charge in [-0.25, -0.2) is 23.9 Å². The van der Waals surface area contributed by atoms with Gasteiger partial charge in [0.1, 0.15) is 36.6 Å². The predicted molar refractivity (Wildman–Crippen MR) is 137 cm³/mol. The third-order valence-electron chi connectivity index (χ3n) is 6.88. The normalized spacial score (nSPS) is 16.8. The molecule has 3 aromatic heterocycles. The molecular weight excluding hydrogens is 475 g/mol. The largest absolute Gasteiger partial charge is 0.488 e. The fourth-order valence-electron chi connectivity index (χ4n) is 4.97. The van der Waals surface area contributed by atoms with E-state index in [0.29, 0.717) is 35.1 Å². The van der Waals surface area contributed by atoms with Crippen molar-refractivity contribution in [3.8, 4) is 17.2 Å². The molecule has 1 atom stereocenters. The Morgan fingerprint density at radius 1 is 1.14 bits per heavy atom. The van der Waals surface area contributed by atoms with Crippen LogP contribution in [0.2, 0.25) is 0 Å². The highest BCUT2D eigenvalue weighted by Crippen LogP contribution is 2.43. The Morgan fingerprint density at radius 2 is 2.08 bits per heavy atom. The van der Waals surface area contributed by atoms with E-state index in [9.17, 15) is 0 Å². The number of ether oxygens (including phenoxy) is 2. The lowest BCUT2D eigenvalue weighted by Crippen LogP contribution is -2.55. The molecule has 0 aliphatic carbocycles. The molecule has 0 unspecified atom stereocenters. The molecule has 186 valence electrons. The van der Waals surface area contributed by atoms with Crippen LogP contribution in [0.4, 0.5) is 21.6 Å². The summed E-state index contributed by atoms with van der Waals surface area (Å²) in [5.74, 6) is 1.73. The maximum Gasteiger partial charge on any atom is 0.158 e. The second-order valence-corrected chi connectivity index (χ2v) is 9.10. The molecule has 0 spiro atoms. The lowest BCUT2D eigenvalue weighted by atomic mass is 10.1. The summed E-state index contributed by atoms with van der Waals surface area (Å²) < 4.78 is 29.4. The molecule has 11 heteroatoms. The van der Waals surface area contributed by atoms with Gasteiger partial charge in [0.05, 0.1) is 28.3 Å². The van der Waals surface area contributed by atoms with Gasteiger partial charge in [-0.05, 0) is 37.3 Å². The van der Waals surface area contributed by atoms with Crippen LogP contribution in [0, 0.1) is 12.7 Å². The summed E-state index contributed by atoms with van der Waals surface area (Å²) in [5, 5.41) is 11.4. The van der Waals surface area contributed by atoms with E-state index in [1.165, 1.54) is 12.7 Å². The van der Waals surface area contributed by atoms with E-state index >= 15 is 4.39 Å². The molecule has 0 saturated carbocycles. The maximum atomic E-state index is 15.6. The van der Waals surface area contributed by atoms with Crippen LogP contribution in [0.5, 0.6) is 17.2 Å². The number of rotatable bonds is 4. The molecule has 2 N–H and O–H groups in total. The minimum absolute atomic E-state index is 0.276. The van der Waals surface area contributed by atoms with Crippen LogP contribution >= 0.6 is 0 Å². The summed E-state index contributed by atoms with van der Waals surface area (Å²) in [5.41, 5.74) is 3.03. The summed E-state index contributed by atoms with van der Waals surface area (Å²) in [6.45, 7) is 4.92. The molecule has 0 bridgehead atoms. The summed E-state index contributed by atoms with van der Waals surface area (Å²) in [4.78, 5) is 15.4. The second kappa shape index (κ2) is 8.56. The van der Waals surface area contributed by atoms with Crippen molar-refractivity contribution in [1.82, 2.24) is 29.9 Å². The number of anilines is 3. The zero-order valence-corrected chi connectivity index (χ0v) is 20.0. The average molecular weight is 499 g/mol. The number of nitrogens with one attached hydrogen (secondary N) is 2. The van der Waals surface area contributed by atoms with Gasteiger partial charge in [0.15, 0.2) is 17.2 Å². The number of piperazine rings is 1. The van der Waals surface area contributed by atoms with Gasteiger partial charge >= 0.3 is 0 Å². The number of aromatic nitrogens is 5. The smallest absolute Gasteiger partial charge is 0.158 e. The highest BCUT2D eigenvalue weighted by atomic mass is 19.1. The number of hydrogen-bond donors (Lipinski definition) is 2. The van der Waals surface area contributed by atoms with E-state index in [4.69, 9.17) is 9.47 Å². The van der Waals surface area contributed by atoms with Crippen molar-refractivity contribution in [2.24, 2.45) is 0 Å². The second-order valence-electron chi connectivity index (χ2n) is 9.10. The lowest BCUT2D eigenvalue weighted by molar-refractivity contribution is 0.250. The Morgan fingerprint density at radius 3 is 3.03 bits per heavy atom. The van der Waals surface area contributed by atoms with Gasteiger partial charge in [-0.1, -0.05) is 0 Å². The van der Waals surface area contributed by atoms with Crippen molar-refractivity contribution < 1.29 is 13.9 Å². The zero-order chi connectivity index (χ0) is 24.9. The molecule has 0 amide bonds. The first-order chi connectivity index (χ1) is 18.2. The van der Waals surface area contributed by atoms with Crippen LogP contribution < -0.4 is 25.0 Å². The summed E-state index contributed by atoms with van der Waals surface area (Å²) in [7, 11) is 0. The van der Waals surface area contributed by atoms with Crippen LogP contribution in [-0.2, 0) is 0 Å². The first-order valence-electron chi connectivity index (χ1n) is 12.1. The molecule has 7 rings (SSSR count). The molecule has 5 aromatic rings. The van der Waals surface area contributed by atoms with Crippen molar-refractivity contribution >= 4 is 33.7 Å². The topological polar surface area (TPSA) is 102 Å². The van der Waals surface area contributed by atoms with E-state index in [2.05, 4.69) is 35.6 Å². The third-order valence-corrected chi connectivity index (χ3v) is 6.88. The molecule has 0 radical (unpaired) electrons. The van der Waals surface area contributed by atoms with Crippen molar-refractivity contribution in [2.75, 3.05) is 36.5 Å². The van der Waals surface area contributed by atoms with E-state index in [0.717, 1.165) is 42.0 Å². The zero-order valence-electron chi connectivity index (χ0n) is 20.0. The Hall–Kier alpha value is -4.51. The van der Waals surface area contributed by atoms with Crippen LogP contribution in [-0.4, -0.2) is 56.8 Å². The first kappa shape index (κ1) is 21.7. The molecule has 1 saturated heterocycles. The van der Waals surface area contributed by atoms with Gasteiger partial charge < -0.3 is 25.0 Å². The quantitative estimate of drug-likeness (QED) is 0.383. The number of nitrogens with zero attached hydrogens (tertiary/aromatic N) is 6. The van der Waals surface area contributed by atoms with Crippen molar-refractivity contribution in [3.05, 3.63) is 66.6 Å². The van der Waals surface area contributed by atoms with E-state index in [1.54, 1.807) is 41.9 Å². The van der Waals surface area contributed by atoms with E-state index in [-0.39, 0.29) is 11.7 Å². The highest BCUT2D eigenvalue weighted by molar-refractivity contribution is 6.00. The standard InChI is InChI=1S/C26H23FN8O2/c1-15-21(37-17-6-8-35-22(10-17)30-14-32-35)5-3-19(24(15)27)33-26-23-18(29-13-31-26)2-4-20-25(23)36-12-16-11-28-7-9-34(16)20/h2-6,8,10,13-14,16,28H,7,9,11-12H2,1H3,(H,29,31,33)/t16-/m0/s1. The molecule has 10 nitrogen and oxygen atoms in total. The predicted octanol–water partition coefficient (Wildman–Crippen LogP) is 3.83. The summed E-state index contributed by atoms with van der Waals surface area (Å²) in [6.07, 6.45) is 4.67. The molecule has 5 heterocycles. The summed E-state index contributed by atoms with van der Waals surface area (Å²) in [6, 6.07) is 11.1. The van der Waals surface area contributed by atoms with Gasteiger partial charge in [-0.15, -0.1) is 0 Å². The molecule has 1 fully saturated rings. The highest BCUT2D eigenvalue weighted by Gasteiger charge is 2.31. The molecule has 37 heavy (non-hydrogen) atoms. The minimum Gasteiger partial charge on any atom is -0.488 e. The Balaban J connectivity index is 1.23. The fraction of sp³-hybridized carbons (Fsp3) is 0.231. The Bertz CT molecular complexity index is 1660. The van der Waals surface area contributed by atoms with Crippen LogP contribution in [0.15, 0.2) is 55.2 Å². The van der Waals surface area contributed by atoms with Crippen molar-refractivity contribution in [1.29, 1.82) is 0 Å². The number of pyridine rings is 1. The monoisotopic (exact) mass is 498 g/mol. The van der Waals surface area contributed by atoms with Crippen LogP contribution in [0.25, 0.3) is 16.6 Å². The summed E-state index contributed by atoms with van der Waals surface area (Å²) >= 11 is 0. The molecular formula is C26H23FN8O2. The number of halogens is 1. The van der Waals surface area contributed by atoms with Gasteiger partial charge in [0.25, 0.3) is 0 Å². The van der Waals surface area contributed by atoms with Gasteiger partial charge in [-0.3, -0.25) is 0 Å². The van der Waals surface area contributed by atoms with Crippen LogP contribution in [0.1, 0.15) is 5.56 Å². The lowest BCUT2D eigenvalue weighted by Gasteiger charge is -2.42. The number of fused-ring (bicyclic) bond motifs is 6. The SMILES string of the molecule is Cc1c(Oc2ccn3ncnc3c2)ccc(Nc2ncnc3ccc4c(c23)OC[C@@H]2CNCCN42)c1F. The number of hydrogen-bond acceptors (Lipinski definition) is 9. The fourth-order valence-corrected chi connectivity index (χ4v) is 4.97. The van der Waals surface area contributed by atoms with Gasteiger partial charge in [0, 0.05) is 37.5 Å².